The smallest absolute Gasteiger partial charge is 0.260 e. The molecule has 2 fully saturated rings. The monoisotopic (exact) mass is 468 g/mol. The molecule has 0 N–H and O–H groups in total. The van der Waals surface area contributed by atoms with Crippen molar-refractivity contribution in [3.05, 3.63) is 59.4 Å². The van der Waals surface area contributed by atoms with Gasteiger partial charge in [0.15, 0.2) is 6.61 Å². The van der Waals surface area contributed by atoms with E-state index in [1.807, 2.05) is 0 Å². The fourth-order valence-corrected chi connectivity index (χ4v) is 5.78. The summed E-state index contributed by atoms with van der Waals surface area (Å²) in [6.07, 6.45) is 0.726. The summed E-state index contributed by atoms with van der Waals surface area (Å²) in [5, 5.41) is 0.459. The van der Waals surface area contributed by atoms with E-state index in [9.17, 15) is 17.6 Å². The van der Waals surface area contributed by atoms with Crippen LogP contribution >= 0.6 is 11.6 Å². The number of likely N-dealkylation sites (tertiary alicyclic amines) is 1. The topological polar surface area (TPSA) is 76.2 Å². The van der Waals surface area contributed by atoms with Crippen molar-refractivity contribution in [2.75, 3.05) is 32.8 Å². The fraction of sp³-hybridized carbons (Fsp3) is 0.381. The summed E-state index contributed by atoms with van der Waals surface area (Å²) < 4.78 is 52.1. The molecular formula is C21H22ClFN2O5S. The fourth-order valence-electron chi connectivity index (χ4n) is 3.93. The van der Waals surface area contributed by atoms with E-state index < -0.39 is 15.7 Å². The minimum Gasteiger partial charge on any atom is -0.484 e. The molecule has 0 atom stereocenters. The molecule has 166 valence electrons. The van der Waals surface area contributed by atoms with E-state index in [0.29, 0.717) is 43.3 Å². The highest BCUT2D eigenvalue weighted by atomic mass is 35.5. The molecule has 0 aromatic heterocycles. The first-order chi connectivity index (χ1) is 14.8. The number of halogens is 2. The van der Waals surface area contributed by atoms with Gasteiger partial charge in [-0.05, 0) is 48.5 Å². The number of piperidine rings is 1. The molecule has 7 nitrogen and oxygen atoms in total. The Morgan fingerprint density at radius 2 is 1.71 bits per heavy atom. The number of sulfonamides is 1. The van der Waals surface area contributed by atoms with E-state index in [1.165, 1.54) is 40.7 Å². The van der Waals surface area contributed by atoms with Crippen LogP contribution in [0.2, 0.25) is 5.02 Å². The van der Waals surface area contributed by atoms with Gasteiger partial charge in [-0.1, -0.05) is 11.6 Å². The lowest BCUT2D eigenvalue weighted by molar-refractivity contribution is -0.142. The molecule has 2 aliphatic rings. The number of hydrogen-bond acceptors (Lipinski definition) is 5. The Balaban J connectivity index is 1.39. The molecule has 31 heavy (non-hydrogen) atoms. The summed E-state index contributed by atoms with van der Waals surface area (Å²) in [5.74, 6) is -0.193. The highest BCUT2D eigenvalue weighted by Gasteiger charge is 2.50. The summed E-state index contributed by atoms with van der Waals surface area (Å²) in [6.45, 7) is 1.07. The standard InChI is InChI=1S/C21H22ClFN2O5S/c22-16-1-7-19(8-2-16)31(27,28)25-13-14-30-21(25)9-11-24(12-10-21)20(26)15-29-18-5-3-17(23)4-6-18/h1-8H,9-15H2. The zero-order valence-corrected chi connectivity index (χ0v) is 18.2. The van der Waals surface area contributed by atoms with Gasteiger partial charge in [0.25, 0.3) is 5.91 Å². The number of carbonyl (C=O) groups is 1. The summed E-state index contributed by atoms with van der Waals surface area (Å²) in [7, 11) is -3.76. The largest absolute Gasteiger partial charge is 0.484 e. The zero-order valence-electron chi connectivity index (χ0n) is 16.7. The lowest BCUT2D eigenvalue weighted by atomic mass is 10.0. The number of benzene rings is 2. The SMILES string of the molecule is O=C(COc1ccc(F)cc1)N1CCC2(CC1)OCCN2S(=O)(=O)c1ccc(Cl)cc1. The van der Waals surface area contributed by atoms with Crippen LogP contribution in [0.1, 0.15) is 12.8 Å². The van der Waals surface area contributed by atoms with Gasteiger partial charge >= 0.3 is 0 Å². The molecule has 0 aliphatic carbocycles. The van der Waals surface area contributed by atoms with E-state index >= 15 is 0 Å². The molecule has 10 heteroatoms. The molecule has 2 aromatic carbocycles. The quantitative estimate of drug-likeness (QED) is 0.674. The Morgan fingerprint density at radius 3 is 2.35 bits per heavy atom. The minimum atomic E-state index is -3.76. The molecule has 2 aliphatic heterocycles. The van der Waals surface area contributed by atoms with Crippen molar-refractivity contribution in [1.29, 1.82) is 0 Å². The van der Waals surface area contributed by atoms with Crippen LogP contribution in [0.15, 0.2) is 53.4 Å². The molecule has 2 aromatic rings. The maximum Gasteiger partial charge on any atom is 0.260 e. The maximum absolute atomic E-state index is 13.2. The Kier molecular flexibility index (Phi) is 6.20. The lowest BCUT2D eigenvalue weighted by Gasteiger charge is -2.42. The maximum atomic E-state index is 13.2. The average molecular weight is 469 g/mol. The van der Waals surface area contributed by atoms with E-state index in [4.69, 9.17) is 21.1 Å². The van der Waals surface area contributed by atoms with Gasteiger partial charge < -0.3 is 14.4 Å². The summed E-state index contributed by atoms with van der Waals surface area (Å²) in [6, 6.07) is 11.5. The summed E-state index contributed by atoms with van der Waals surface area (Å²) >= 11 is 5.88. The van der Waals surface area contributed by atoms with Crippen LogP contribution in [0.25, 0.3) is 0 Å². The van der Waals surface area contributed by atoms with Crippen LogP contribution in [-0.4, -0.2) is 62.1 Å². The van der Waals surface area contributed by atoms with Crippen molar-refractivity contribution < 1.29 is 27.1 Å². The van der Waals surface area contributed by atoms with Crippen molar-refractivity contribution in [2.45, 2.75) is 23.5 Å². The average Bonchev–Trinajstić information content (AvgIpc) is 3.18. The van der Waals surface area contributed by atoms with Gasteiger partial charge in [0.2, 0.25) is 10.0 Å². The van der Waals surface area contributed by atoms with Gasteiger partial charge in [0.1, 0.15) is 17.3 Å². The van der Waals surface area contributed by atoms with E-state index in [-0.39, 0.29) is 29.8 Å². The number of carbonyl (C=O) groups excluding carboxylic acids is 1. The Bertz CT molecular complexity index is 1040. The van der Waals surface area contributed by atoms with E-state index in [2.05, 4.69) is 0 Å². The van der Waals surface area contributed by atoms with Crippen molar-refractivity contribution in [3.8, 4) is 5.75 Å². The first kappa shape index (κ1) is 22.0. The second kappa shape index (κ2) is 8.74. The molecule has 0 radical (unpaired) electrons. The second-order valence-electron chi connectivity index (χ2n) is 7.45. The van der Waals surface area contributed by atoms with Gasteiger partial charge in [-0.15, -0.1) is 0 Å². The molecule has 2 heterocycles. The molecule has 1 amide bonds. The lowest BCUT2D eigenvalue weighted by Crippen LogP contribution is -2.56. The Labute approximate surface area is 185 Å². The first-order valence-corrected chi connectivity index (χ1v) is 11.7. The van der Waals surface area contributed by atoms with Crippen molar-refractivity contribution in [1.82, 2.24) is 9.21 Å². The number of nitrogens with zero attached hydrogens (tertiary/aromatic N) is 2. The van der Waals surface area contributed by atoms with Crippen molar-refractivity contribution in [3.63, 3.8) is 0 Å². The Morgan fingerprint density at radius 1 is 1.06 bits per heavy atom. The summed E-state index contributed by atoms with van der Waals surface area (Å²) in [4.78, 5) is 14.3. The van der Waals surface area contributed by atoms with E-state index in [0.717, 1.165) is 0 Å². The number of amides is 1. The van der Waals surface area contributed by atoms with Gasteiger partial charge in [-0.3, -0.25) is 4.79 Å². The van der Waals surface area contributed by atoms with Crippen molar-refractivity contribution >= 4 is 27.5 Å². The zero-order chi connectivity index (χ0) is 22.1. The number of hydrogen-bond donors (Lipinski definition) is 0. The molecule has 0 saturated carbocycles. The highest BCUT2D eigenvalue weighted by molar-refractivity contribution is 7.89. The third-order valence-electron chi connectivity index (χ3n) is 5.59. The van der Waals surface area contributed by atoms with Crippen LogP contribution in [-0.2, 0) is 19.6 Å². The van der Waals surface area contributed by atoms with Gasteiger partial charge in [0, 0.05) is 37.5 Å². The third-order valence-corrected chi connectivity index (χ3v) is 7.81. The van der Waals surface area contributed by atoms with Crippen LogP contribution in [0.3, 0.4) is 0 Å². The highest BCUT2D eigenvalue weighted by Crippen LogP contribution is 2.38. The minimum absolute atomic E-state index is 0.160. The summed E-state index contributed by atoms with van der Waals surface area (Å²) in [5.41, 5.74) is -0.965. The van der Waals surface area contributed by atoms with Crippen LogP contribution in [0.5, 0.6) is 5.75 Å². The molecule has 2 saturated heterocycles. The predicted octanol–water partition coefficient (Wildman–Crippen LogP) is 2.90. The molecular weight excluding hydrogens is 447 g/mol. The molecule has 0 unspecified atom stereocenters. The third kappa shape index (κ3) is 4.55. The first-order valence-electron chi connectivity index (χ1n) is 9.89. The van der Waals surface area contributed by atoms with Crippen LogP contribution < -0.4 is 4.74 Å². The van der Waals surface area contributed by atoms with Crippen molar-refractivity contribution in [2.24, 2.45) is 0 Å². The van der Waals surface area contributed by atoms with Gasteiger partial charge in [0.05, 0.1) is 11.5 Å². The second-order valence-corrected chi connectivity index (χ2v) is 9.75. The molecule has 0 bridgehead atoms. The van der Waals surface area contributed by atoms with Crippen LogP contribution in [0, 0.1) is 5.82 Å². The predicted molar refractivity (Wildman–Crippen MR) is 112 cm³/mol. The van der Waals surface area contributed by atoms with Crippen LogP contribution in [0.4, 0.5) is 4.39 Å². The molecule has 4 rings (SSSR count). The molecule has 1 spiro atoms. The normalized spacial score (nSPS) is 19.0. The van der Waals surface area contributed by atoms with Gasteiger partial charge in [-0.25, -0.2) is 12.8 Å². The van der Waals surface area contributed by atoms with E-state index in [1.54, 1.807) is 17.0 Å². The number of rotatable bonds is 5. The Hall–Kier alpha value is -2.20. The van der Waals surface area contributed by atoms with Gasteiger partial charge in [-0.2, -0.15) is 4.31 Å². The number of ether oxygens (including phenoxy) is 2.